The number of hydrogen-bond acceptors (Lipinski definition) is 7. The highest BCUT2D eigenvalue weighted by molar-refractivity contribution is 6.31. The SMILES string of the molecule is COC(OC)c1ccc(/C(F)=C/c2nn(C3CCCCO3)c3ccc(O[C@H](C)c4ccncc4Cl)cc23)cn1. The van der Waals surface area contributed by atoms with Gasteiger partial charge in [0.25, 0.3) is 0 Å². The fourth-order valence-electron chi connectivity index (χ4n) is 4.67. The van der Waals surface area contributed by atoms with Gasteiger partial charge in [-0.3, -0.25) is 9.97 Å². The smallest absolute Gasteiger partial charge is 0.200 e. The van der Waals surface area contributed by atoms with E-state index in [0.717, 1.165) is 35.7 Å². The van der Waals surface area contributed by atoms with Gasteiger partial charge >= 0.3 is 0 Å². The standard InChI is InChI=1S/C29H30ClFN4O4/c1-18(21-11-12-32-17-23(21)30)39-20-8-10-27-22(14-20)26(34-35(27)28-6-4-5-13-38-28)15-24(31)19-7-9-25(33-16-19)29(36-2)37-3/h7-12,14-18,28-29H,4-6,13H2,1-3H3/b24-15-/t18-,28?/m1/s1. The first kappa shape index (κ1) is 27.2. The van der Waals surface area contributed by atoms with Gasteiger partial charge in [-0.05, 0) is 62.6 Å². The number of pyridine rings is 2. The van der Waals surface area contributed by atoms with E-state index in [1.165, 1.54) is 26.5 Å². The summed E-state index contributed by atoms with van der Waals surface area (Å²) in [4.78, 5) is 8.33. The minimum absolute atomic E-state index is 0.214. The number of nitrogens with zero attached hydrogens (tertiary/aromatic N) is 4. The first-order valence-electron chi connectivity index (χ1n) is 12.8. The van der Waals surface area contributed by atoms with Crippen LogP contribution in [-0.4, -0.2) is 40.6 Å². The molecule has 39 heavy (non-hydrogen) atoms. The molecule has 0 saturated carbocycles. The molecule has 1 aromatic carbocycles. The highest BCUT2D eigenvalue weighted by atomic mass is 35.5. The van der Waals surface area contributed by atoms with E-state index >= 15 is 4.39 Å². The molecule has 1 aliphatic rings. The van der Waals surface area contributed by atoms with Gasteiger partial charge in [0, 0.05) is 62.0 Å². The fraction of sp³-hybridized carbons (Fsp3) is 0.345. The molecule has 8 nitrogen and oxygen atoms in total. The molecular weight excluding hydrogens is 523 g/mol. The maximum atomic E-state index is 15.5. The molecule has 10 heteroatoms. The second-order valence-electron chi connectivity index (χ2n) is 9.25. The number of ether oxygens (including phenoxy) is 4. The molecule has 1 aliphatic heterocycles. The number of methoxy groups -OCH3 is 2. The normalized spacial score (nSPS) is 17.1. The zero-order valence-electron chi connectivity index (χ0n) is 22.0. The average Bonchev–Trinajstić information content (AvgIpc) is 3.32. The van der Waals surface area contributed by atoms with E-state index in [1.807, 2.05) is 35.9 Å². The predicted molar refractivity (Wildman–Crippen MR) is 147 cm³/mol. The first-order valence-corrected chi connectivity index (χ1v) is 13.2. The summed E-state index contributed by atoms with van der Waals surface area (Å²) in [5.41, 5.74) is 2.98. The lowest BCUT2D eigenvalue weighted by Crippen LogP contribution is -2.19. The third-order valence-electron chi connectivity index (χ3n) is 6.68. The number of aromatic nitrogens is 4. The molecule has 4 aromatic rings. The van der Waals surface area contributed by atoms with Gasteiger partial charge in [-0.15, -0.1) is 0 Å². The Kier molecular flexibility index (Phi) is 8.52. The van der Waals surface area contributed by atoms with E-state index in [2.05, 4.69) is 9.97 Å². The molecule has 0 spiro atoms. The Labute approximate surface area is 231 Å². The maximum Gasteiger partial charge on any atom is 0.200 e. The highest BCUT2D eigenvalue weighted by Gasteiger charge is 2.22. The van der Waals surface area contributed by atoms with Crippen molar-refractivity contribution in [2.24, 2.45) is 0 Å². The van der Waals surface area contributed by atoms with Gasteiger partial charge in [0.15, 0.2) is 6.23 Å². The summed E-state index contributed by atoms with van der Waals surface area (Å²) in [5.74, 6) is 0.137. The Balaban J connectivity index is 1.50. The van der Waals surface area contributed by atoms with Crippen LogP contribution >= 0.6 is 11.6 Å². The van der Waals surface area contributed by atoms with Crippen LogP contribution in [0.2, 0.25) is 5.02 Å². The Morgan fingerprint density at radius 2 is 2.00 bits per heavy atom. The summed E-state index contributed by atoms with van der Waals surface area (Å²) in [6, 6.07) is 10.8. The lowest BCUT2D eigenvalue weighted by Gasteiger charge is -2.23. The van der Waals surface area contributed by atoms with Gasteiger partial charge in [0.05, 0.1) is 21.9 Å². The van der Waals surface area contributed by atoms with Crippen LogP contribution < -0.4 is 4.74 Å². The van der Waals surface area contributed by atoms with Gasteiger partial charge in [-0.1, -0.05) is 11.6 Å². The predicted octanol–water partition coefficient (Wildman–Crippen LogP) is 7.08. The molecule has 3 aromatic heterocycles. The van der Waals surface area contributed by atoms with Crippen LogP contribution in [0, 0.1) is 0 Å². The van der Waals surface area contributed by atoms with Crippen molar-refractivity contribution in [2.45, 2.75) is 44.8 Å². The van der Waals surface area contributed by atoms with Crippen molar-refractivity contribution in [1.82, 2.24) is 19.7 Å². The van der Waals surface area contributed by atoms with Crippen LogP contribution in [0.4, 0.5) is 4.39 Å². The van der Waals surface area contributed by atoms with Crippen molar-refractivity contribution in [1.29, 1.82) is 0 Å². The van der Waals surface area contributed by atoms with E-state index in [0.29, 0.717) is 34.3 Å². The van der Waals surface area contributed by atoms with Crippen molar-refractivity contribution in [3.63, 3.8) is 0 Å². The van der Waals surface area contributed by atoms with E-state index in [4.69, 9.17) is 35.6 Å². The van der Waals surface area contributed by atoms with Crippen LogP contribution in [0.15, 0.2) is 55.0 Å². The van der Waals surface area contributed by atoms with E-state index in [9.17, 15) is 0 Å². The number of fused-ring (bicyclic) bond motifs is 1. The topological polar surface area (TPSA) is 80.5 Å². The minimum atomic E-state index is -0.621. The summed E-state index contributed by atoms with van der Waals surface area (Å²) in [5, 5.41) is 6.05. The lowest BCUT2D eigenvalue weighted by atomic mass is 10.1. The molecule has 4 heterocycles. The maximum absolute atomic E-state index is 15.5. The third-order valence-corrected chi connectivity index (χ3v) is 7.00. The molecule has 0 amide bonds. The molecule has 0 aliphatic carbocycles. The number of halogens is 2. The number of hydrogen-bond donors (Lipinski definition) is 0. The monoisotopic (exact) mass is 552 g/mol. The molecule has 0 N–H and O–H groups in total. The largest absolute Gasteiger partial charge is 0.486 e. The Morgan fingerprint density at radius 1 is 1.15 bits per heavy atom. The summed E-state index contributed by atoms with van der Waals surface area (Å²) in [6.07, 6.45) is 7.86. The molecule has 1 fully saturated rings. The van der Waals surface area contributed by atoms with E-state index < -0.39 is 12.1 Å². The Morgan fingerprint density at radius 3 is 2.69 bits per heavy atom. The second kappa shape index (κ2) is 12.2. The molecule has 1 saturated heterocycles. The van der Waals surface area contributed by atoms with Gasteiger partial charge in [-0.25, -0.2) is 9.07 Å². The van der Waals surface area contributed by atoms with Gasteiger partial charge in [0.2, 0.25) is 6.29 Å². The summed E-state index contributed by atoms with van der Waals surface area (Å²) in [7, 11) is 3.04. The first-order chi connectivity index (χ1) is 19.0. The lowest BCUT2D eigenvalue weighted by molar-refractivity contribution is -0.108. The van der Waals surface area contributed by atoms with Gasteiger partial charge in [-0.2, -0.15) is 5.10 Å². The van der Waals surface area contributed by atoms with Crippen LogP contribution in [0.3, 0.4) is 0 Å². The molecule has 0 radical (unpaired) electrons. The number of benzene rings is 1. The fourth-order valence-corrected chi connectivity index (χ4v) is 4.94. The highest BCUT2D eigenvalue weighted by Crippen LogP contribution is 2.34. The minimum Gasteiger partial charge on any atom is -0.486 e. The molecule has 5 rings (SSSR count). The van der Waals surface area contributed by atoms with E-state index in [1.54, 1.807) is 24.5 Å². The van der Waals surface area contributed by atoms with Gasteiger partial charge in [0.1, 0.15) is 17.7 Å². The van der Waals surface area contributed by atoms with Crippen LogP contribution in [0.5, 0.6) is 5.75 Å². The second-order valence-corrected chi connectivity index (χ2v) is 9.66. The Bertz CT molecular complexity index is 1450. The molecule has 1 unspecified atom stereocenters. The third kappa shape index (κ3) is 5.96. The average molecular weight is 553 g/mol. The summed E-state index contributed by atoms with van der Waals surface area (Å²) >= 11 is 6.32. The molecule has 2 atom stereocenters. The Hall–Kier alpha value is -3.37. The molecular formula is C29H30ClFN4O4. The zero-order chi connectivity index (χ0) is 27.4. The van der Waals surface area contributed by atoms with Crippen LogP contribution in [-0.2, 0) is 14.2 Å². The molecule has 204 valence electrons. The van der Waals surface area contributed by atoms with E-state index in [-0.39, 0.29) is 12.3 Å². The summed E-state index contributed by atoms with van der Waals surface area (Å²) in [6.45, 7) is 2.58. The van der Waals surface area contributed by atoms with Crippen LogP contribution in [0.25, 0.3) is 22.8 Å². The zero-order valence-corrected chi connectivity index (χ0v) is 22.8. The van der Waals surface area contributed by atoms with Crippen LogP contribution in [0.1, 0.15) is 67.3 Å². The van der Waals surface area contributed by atoms with Crippen molar-refractivity contribution >= 4 is 34.4 Å². The quantitative estimate of drug-likeness (QED) is 0.205. The van der Waals surface area contributed by atoms with Crippen molar-refractivity contribution in [2.75, 3.05) is 20.8 Å². The number of rotatable bonds is 9. The van der Waals surface area contributed by atoms with Crippen molar-refractivity contribution in [3.8, 4) is 5.75 Å². The van der Waals surface area contributed by atoms with Crippen molar-refractivity contribution < 1.29 is 23.3 Å². The molecule has 0 bridgehead atoms. The van der Waals surface area contributed by atoms with Gasteiger partial charge < -0.3 is 18.9 Å². The summed E-state index contributed by atoms with van der Waals surface area (Å²) < 4.78 is 40.0. The van der Waals surface area contributed by atoms with Crippen molar-refractivity contribution in [3.05, 3.63) is 82.5 Å².